The van der Waals surface area contributed by atoms with Crippen LogP contribution in [0.15, 0.2) is 24.3 Å². The molecule has 0 aliphatic rings. The van der Waals surface area contributed by atoms with Gasteiger partial charge in [-0.1, -0.05) is 31.5 Å². The third-order valence-electron chi connectivity index (χ3n) is 3.01. The van der Waals surface area contributed by atoms with Gasteiger partial charge in [0.1, 0.15) is 0 Å². The van der Waals surface area contributed by atoms with Crippen molar-refractivity contribution in [1.29, 1.82) is 0 Å². The molecule has 2 heteroatoms. The summed E-state index contributed by atoms with van der Waals surface area (Å²) in [5.74, 6) is 1.67. The number of hydrogen-bond donors (Lipinski definition) is 1. The van der Waals surface area contributed by atoms with Gasteiger partial charge in [0.2, 0.25) is 0 Å². The van der Waals surface area contributed by atoms with Gasteiger partial charge in [-0.05, 0) is 36.6 Å². The van der Waals surface area contributed by atoms with Gasteiger partial charge < -0.3 is 4.90 Å². The molecule has 1 aromatic carbocycles. The summed E-state index contributed by atoms with van der Waals surface area (Å²) in [6.07, 6.45) is 2.51. The van der Waals surface area contributed by atoms with Gasteiger partial charge in [0.15, 0.2) is 0 Å². The second-order valence-electron chi connectivity index (χ2n) is 4.50. The Balaban J connectivity index is 2.64. The fourth-order valence-corrected chi connectivity index (χ4v) is 2.42. The van der Waals surface area contributed by atoms with Crippen LogP contribution in [0.4, 0.5) is 5.69 Å². The lowest BCUT2D eigenvalue weighted by atomic mass is 10.0. The maximum atomic E-state index is 4.44. The zero-order valence-corrected chi connectivity index (χ0v) is 11.5. The van der Waals surface area contributed by atoms with Crippen LogP contribution in [0, 0.1) is 12.8 Å². The summed E-state index contributed by atoms with van der Waals surface area (Å²) < 4.78 is 0. The molecule has 0 saturated carbocycles. The van der Waals surface area contributed by atoms with Crippen molar-refractivity contribution in [1.82, 2.24) is 0 Å². The fraction of sp³-hybridized carbons (Fsp3) is 0.571. The second-order valence-corrected chi connectivity index (χ2v) is 4.87. The third kappa shape index (κ3) is 3.75. The topological polar surface area (TPSA) is 3.24 Å². The lowest BCUT2D eigenvalue weighted by Crippen LogP contribution is -2.26. The molecule has 90 valence electrons. The van der Waals surface area contributed by atoms with E-state index in [1.165, 1.54) is 24.1 Å². The molecular weight excluding hydrogens is 214 g/mol. The molecule has 0 N–H and O–H groups in total. The minimum atomic E-state index is 0.693. The van der Waals surface area contributed by atoms with Crippen LogP contribution in [0.2, 0.25) is 0 Å². The Hall–Kier alpha value is -0.630. The molecule has 1 nitrogen and oxygen atoms in total. The van der Waals surface area contributed by atoms with Crippen molar-refractivity contribution in [3.05, 3.63) is 29.8 Å². The summed E-state index contributed by atoms with van der Waals surface area (Å²) in [6, 6.07) is 8.56. The Morgan fingerprint density at radius 2 is 2.00 bits per heavy atom. The lowest BCUT2D eigenvalue weighted by Gasteiger charge is -2.26. The Morgan fingerprint density at radius 3 is 2.56 bits per heavy atom. The van der Waals surface area contributed by atoms with E-state index < -0.39 is 0 Å². The molecule has 0 aliphatic carbocycles. The van der Waals surface area contributed by atoms with Crippen LogP contribution in [-0.2, 0) is 0 Å². The highest BCUT2D eigenvalue weighted by molar-refractivity contribution is 7.80. The maximum absolute atomic E-state index is 4.44. The molecule has 1 rings (SSSR count). The standard InChI is InChI=1S/C14H23NS/c1-4-7-13(11-16)10-15(3)14-9-6-5-8-12(14)2/h5-6,8-9,13,16H,4,7,10-11H2,1-3H3. The molecular formula is C14H23NS. The van der Waals surface area contributed by atoms with Gasteiger partial charge >= 0.3 is 0 Å². The molecule has 1 aromatic rings. The van der Waals surface area contributed by atoms with Gasteiger partial charge in [-0.15, -0.1) is 0 Å². The van der Waals surface area contributed by atoms with Crippen molar-refractivity contribution >= 4 is 18.3 Å². The summed E-state index contributed by atoms with van der Waals surface area (Å²) in [7, 11) is 2.18. The van der Waals surface area contributed by atoms with Crippen molar-refractivity contribution in [2.45, 2.75) is 26.7 Å². The van der Waals surface area contributed by atoms with Gasteiger partial charge in [0.25, 0.3) is 0 Å². The Labute approximate surface area is 105 Å². The first-order chi connectivity index (χ1) is 7.69. The van der Waals surface area contributed by atoms with Crippen molar-refractivity contribution in [3.8, 4) is 0 Å². The summed E-state index contributed by atoms with van der Waals surface area (Å²) >= 11 is 4.44. The highest BCUT2D eigenvalue weighted by atomic mass is 32.1. The van der Waals surface area contributed by atoms with Gasteiger partial charge in [0, 0.05) is 19.3 Å². The third-order valence-corrected chi connectivity index (χ3v) is 3.53. The first-order valence-electron chi connectivity index (χ1n) is 6.06. The number of thiol groups is 1. The van der Waals surface area contributed by atoms with E-state index in [4.69, 9.17) is 0 Å². The number of nitrogens with zero attached hydrogens (tertiary/aromatic N) is 1. The fourth-order valence-electron chi connectivity index (χ4n) is 2.13. The van der Waals surface area contributed by atoms with Crippen molar-refractivity contribution in [2.24, 2.45) is 5.92 Å². The van der Waals surface area contributed by atoms with E-state index in [1.54, 1.807) is 0 Å². The average Bonchev–Trinajstić information content (AvgIpc) is 2.28. The quantitative estimate of drug-likeness (QED) is 0.737. The highest BCUT2D eigenvalue weighted by Crippen LogP contribution is 2.20. The lowest BCUT2D eigenvalue weighted by molar-refractivity contribution is 0.533. The number of benzene rings is 1. The average molecular weight is 237 g/mol. The number of hydrogen-bond acceptors (Lipinski definition) is 2. The minimum absolute atomic E-state index is 0.693. The molecule has 0 spiro atoms. The van der Waals surface area contributed by atoms with Gasteiger partial charge in [0.05, 0.1) is 0 Å². The largest absolute Gasteiger partial charge is 0.374 e. The molecule has 0 saturated heterocycles. The zero-order valence-electron chi connectivity index (χ0n) is 10.6. The number of rotatable bonds is 6. The van der Waals surface area contributed by atoms with E-state index in [-0.39, 0.29) is 0 Å². The van der Waals surface area contributed by atoms with E-state index in [1.807, 2.05) is 0 Å². The van der Waals surface area contributed by atoms with Gasteiger partial charge in [-0.2, -0.15) is 12.6 Å². The monoisotopic (exact) mass is 237 g/mol. The number of aryl methyl sites for hydroxylation is 1. The Morgan fingerprint density at radius 1 is 1.31 bits per heavy atom. The molecule has 0 bridgehead atoms. The number of para-hydroxylation sites is 1. The predicted molar refractivity (Wildman–Crippen MR) is 76.7 cm³/mol. The van der Waals surface area contributed by atoms with E-state index in [2.05, 4.69) is 62.7 Å². The van der Waals surface area contributed by atoms with Crippen LogP contribution >= 0.6 is 12.6 Å². The smallest absolute Gasteiger partial charge is 0.0393 e. The second kappa shape index (κ2) is 6.85. The van der Waals surface area contributed by atoms with Crippen LogP contribution in [0.3, 0.4) is 0 Å². The molecule has 0 fully saturated rings. The molecule has 1 unspecified atom stereocenters. The Bertz CT molecular complexity index is 311. The zero-order chi connectivity index (χ0) is 12.0. The van der Waals surface area contributed by atoms with Gasteiger partial charge in [-0.25, -0.2) is 0 Å². The van der Waals surface area contributed by atoms with E-state index in [0.717, 1.165) is 12.3 Å². The molecule has 0 heterocycles. The molecule has 0 radical (unpaired) electrons. The Kier molecular flexibility index (Phi) is 5.75. The van der Waals surface area contributed by atoms with E-state index >= 15 is 0 Å². The van der Waals surface area contributed by atoms with E-state index in [9.17, 15) is 0 Å². The number of anilines is 1. The minimum Gasteiger partial charge on any atom is -0.374 e. The highest BCUT2D eigenvalue weighted by Gasteiger charge is 2.10. The van der Waals surface area contributed by atoms with Crippen molar-refractivity contribution in [3.63, 3.8) is 0 Å². The summed E-state index contributed by atoms with van der Waals surface area (Å²) in [5.41, 5.74) is 2.68. The normalized spacial score (nSPS) is 12.5. The van der Waals surface area contributed by atoms with Crippen molar-refractivity contribution < 1.29 is 0 Å². The first kappa shape index (κ1) is 13.4. The maximum Gasteiger partial charge on any atom is 0.0393 e. The SMILES string of the molecule is CCCC(CS)CN(C)c1ccccc1C. The molecule has 16 heavy (non-hydrogen) atoms. The van der Waals surface area contributed by atoms with Crippen molar-refractivity contribution in [2.75, 3.05) is 24.2 Å². The van der Waals surface area contributed by atoms with Crippen LogP contribution < -0.4 is 4.90 Å². The van der Waals surface area contributed by atoms with Crippen LogP contribution in [0.5, 0.6) is 0 Å². The van der Waals surface area contributed by atoms with E-state index in [0.29, 0.717) is 5.92 Å². The first-order valence-corrected chi connectivity index (χ1v) is 6.69. The van der Waals surface area contributed by atoms with Crippen LogP contribution in [-0.4, -0.2) is 19.3 Å². The predicted octanol–water partition coefficient (Wildman–Crippen LogP) is 3.78. The summed E-state index contributed by atoms with van der Waals surface area (Å²) in [4.78, 5) is 2.35. The summed E-state index contributed by atoms with van der Waals surface area (Å²) in [5, 5.41) is 0. The summed E-state index contributed by atoms with van der Waals surface area (Å²) in [6.45, 7) is 5.51. The van der Waals surface area contributed by atoms with Crippen LogP contribution in [0.1, 0.15) is 25.3 Å². The molecule has 1 atom stereocenters. The van der Waals surface area contributed by atoms with Crippen LogP contribution in [0.25, 0.3) is 0 Å². The van der Waals surface area contributed by atoms with Gasteiger partial charge in [-0.3, -0.25) is 0 Å². The molecule has 0 aromatic heterocycles. The molecule has 0 aliphatic heterocycles. The molecule has 0 amide bonds.